The molecule has 92 valence electrons. The maximum Gasteiger partial charge on any atom is 0.270 e. The van der Waals surface area contributed by atoms with Gasteiger partial charge >= 0.3 is 0 Å². The smallest absolute Gasteiger partial charge is 0.270 e. The molecule has 3 nitrogen and oxygen atoms in total. The summed E-state index contributed by atoms with van der Waals surface area (Å²) in [6.07, 6.45) is 4.87. The Morgan fingerprint density at radius 2 is 1.94 bits per heavy atom. The van der Waals surface area contributed by atoms with Gasteiger partial charge in [0.05, 0.1) is 0 Å². The number of amides is 1. The summed E-state index contributed by atoms with van der Waals surface area (Å²) >= 11 is 0. The molecular formula is C14H20N2O. The summed E-state index contributed by atoms with van der Waals surface area (Å²) in [7, 11) is 0. The van der Waals surface area contributed by atoms with Crippen molar-refractivity contribution < 1.29 is 4.79 Å². The first-order valence-corrected chi connectivity index (χ1v) is 6.70. The molecule has 1 aromatic heterocycles. The van der Waals surface area contributed by atoms with Crippen LogP contribution in [0.1, 0.15) is 48.4 Å². The second kappa shape index (κ2) is 3.90. The van der Waals surface area contributed by atoms with Gasteiger partial charge in [-0.25, -0.2) is 0 Å². The van der Waals surface area contributed by atoms with E-state index in [1.54, 1.807) is 0 Å². The second-order valence-electron chi connectivity index (χ2n) is 5.45. The van der Waals surface area contributed by atoms with Gasteiger partial charge in [0.2, 0.25) is 0 Å². The Bertz CT molecular complexity index is 459. The number of aryl methyl sites for hydroxylation is 1. The van der Waals surface area contributed by atoms with Crippen LogP contribution in [-0.2, 0) is 19.4 Å². The molecule has 1 aromatic rings. The first kappa shape index (κ1) is 10.9. The zero-order valence-electron chi connectivity index (χ0n) is 10.7. The molecule has 0 bridgehead atoms. The fraction of sp³-hybridized carbons (Fsp3) is 0.643. The van der Waals surface area contributed by atoms with Crippen molar-refractivity contribution in [3.63, 3.8) is 0 Å². The number of nitrogens with zero attached hydrogens (tertiary/aromatic N) is 2. The van der Waals surface area contributed by atoms with Crippen molar-refractivity contribution in [2.24, 2.45) is 0 Å². The summed E-state index contributed by atoms with van der Waals surface area (Å²) < 4.78 is 2.27. The Balaban J connectivity index is 2.02. The third-order valence-electron chi connectivity index (χ3n) is 4.08. The molecule has 3 heteroatoms. The third kappa shape index (κ3) is 1.60. The number of hydrogen-bond acceptors (Lipinski definition) is 1. The molecule has 0 unspecified atom stereocenters. The Kier molecular flexibility index (Phi) is 2.49. The van der Waals surface area contributed by atoms with Crippen LogP contribution in [0.25, 0.3) is 0 Å². The van der Waals surface area contributed by atoms with Crippen LogP contribution in [0.15, 0.2) is 6.07 Å². The summed E-state index contributed by atoms with van der Waals surface area (Å²) in [6.45, 7) is 6.03. The van der Waals surface area contributed by atoms with Gasteiger partial charge in [0, 0.05) is 24.8 Å². The van der Waals surface area contributed by atoms with Crippen molar-refractivity contribution in [1.82, 2.24) is 9.47 Å². The van der Waals surface area contributed by atoms with Crippen molar-refractivity contribution in [3.8, 4) is 0 Å². The molecule has 17 heavy (non-hydrogen) atoms. The normalized spacial score (nSPS) is 19.5. The van der Waals surface area contributed by atoms with E-state index in [2.05, 4.69) is 24.5 Å². The molecule has 0 N–H and O–H groups in total. The number of aromatic nitrogens is 1. The van der Waals surface area contributed by atoms with E-state index < -0.39 is 0 Å². The van der Waals surface area contributed by atoms with Gasteiger partial charge in [0.1, 0.15) is 5.69 Å². The average molecular weight is 232 g/mol. The van der Waals surface area contributed by atoms with Crippen LogP contribution in [-0.4, -0.2) is 28.0 Å². The lowest BCUT2D eigenvalue weighted by atomic mass is 9.98. The van der Waals surface area contributed by atoms with Crippen LogP contribution < -0.4 is 0 Å². The first-order chi connectivity index (χ1) is 8.18. The molecule has 0 aromatic carbocycles. The van der Waals surface area contributed by atoms with E-state index >= 15 is 0 Å². The van der Waals surface area contributed by atoms with Crippen molar-refractivity contribution in [3.05, 3.63) is 23.0 Å². The maximum absolute atomic E-state index is 12.4. The fourth-order valence-corrected chi connectivity index (χ4v) is 3.15. The van der Waals surface area contributed by atoms with Crippen molar-refractivity contribution >= 4 is 5.91 Å². The van der Waals surface area contributed by atoms with Gasteiger partial charge in [0.15, 0.2) is 0 Å². The van der Waals surface area contributed by atoms with E-state index in [4.69, 9.17) is 0 Å². The molecule has 3 rings (SSSR count). The minimum Gasteiger partial charge on any atom is -0.339 e. The van der Waals surface area contributed by atoms with Crippen molar-refractivity contribution in [2.45, 2.75) is 52.1 Å². The van der Waals surface area contributed by atoms with Gasteiger partial charge in [-0.3, -0.25) is 4.79 Å². The molecule has 0 fully saturated rings. The highest BCUT2D eigenvalue weighted by molar-refractivity contribution is 5.94. The molecule has 1 amide bonds. The maximum atomic E-state index is 12.4. The summed E-state index contributed by atoms with van der Waals surface area (Å²) in [6, 6.07) is 2.45. The zero-order chi connectivity index (χ0) is 12.0. The molecule has 0 atom stereocenters. The van der Waals surface area contributed by atoms with E-state index in [9.17, 15) is 4.79 Å². The van der Waals surface area contributed by atoms with Crippen LogP contribution >= 0.6 is 0 Å². The molecule has 2 heterocycles. The highest BCUT2D eigenvalue weighted by Gasteiger charge is 2.30. The highest BCUT2D eigenvalue weighted by atomic mass is 16.2. The van der Waals surface area contributed by atoms with E-state index in [0.717, 1.165) is 31.6 Å². The molecule has 0 saturated heterocycles. The lowest BCUT2D eigenvalue weighted by Crippen LogP contribution is -2.44. The Hall–Kier alpha value is -1.25. The van der Waals surface area contributed by atoms with E-state index in [0.29, 0.717) is 6.04 Å². The average Bonchev–Trinajstić information content (AvgIpc) is 2.69. The summed E-state index contributed by atoms with van der Waals surface area (Å²) in [5.74, 6) is 0.223. The molecule has 1 aliphatic carbocycles. The highest BCUT2D eigenvalue weighted by Crippen LogP contribution is 2.28. The second-order valence-corrected chi connectivity index (χ2v) is 5.45. The number of carbonyl (C=O) groups excluding carboxylic acids is 1. The van der Waals surface area contributed by atoms with Gasteiger partial charge in [-0.1, -0.05) is 0 Å². The zero-order valence-corrected chi connectivity index (χ0v) is 10.7. The monoisotopic (exact) mass is 232 g/mol. The number of fused-ring (bicyclic) bond motifs is 3. The number of hydrogen-bond donors (Lipinski definition) is 0. The SMILES string of the molecule is CC(C)N1CCn2c(cc3c2CCCC3)C1=O. The van der Waals surface area contributed by atoms with Gasteiger partial charge < -0.3 is 9.47 Å². The molecule has 2 aliphatic rings. The topological polar surface area (TPSA) is 25.2 Å². The molecular weight excluding hydrogens is 212 g/mol. The van der Waals surface area contributed by atoms with Gasteiger partial charge in [-0.05, 0) is 51.2 Å². The molecule has 0 saturated carbocycles. The van der Waals surface area contributed by atoms with Gasteiger partial charge in [0.25, 0.3) is 5.91 Å². The van der Waals surface area contributed by atoms with E-state index in [-0.39, 0.29) is 5.91 Å². The summed E-state index contributed by atoms with van der Waals surface area (Å²) in [5, 5.41) is 0. The Morgan fingerprint density at radius 1 is 1.18 bits per heavy atom. The minimum absolute atomic E-state index is 0.223. The standard InChI is InChI=1S/C14H20N2O/c1-10(2)15-7-8-16-12-6-4-3-5-11(12)9-13(16)14(15)17/h9-10H,3-8H2,1-2H3. The lowest BCUT2D eigenvalue weighted by molar-refractivity contribution is 0.0648. The molecule has 0 spiro atoms. The van der Waals surface area contributed by atoms with E-state index in [1.807, 2.05) is 4.90 Å². The van der Waals surface area contributed by atoms with Crippen LogP contribution in [0.4, 0.5) is 0 Å². The van der Waals surface area contributed by atoms with Gasteiger partial charge in [-0.15, -0.1) is 0 Å². The van der Waals surface area contributed by atoms with Crippen LogP contribution in [0.3, 0.4) is 0 Å². The minimum atomic E-state index is 0.223. The predicted molar refractivity (Wildman–Crippen MR) is 67.2 cm³/mol. The van der Waals surface area contributed by atoms with Crippen LogP contribution in [0, 0.1) is 0 Å². The van der Waals surface area contributed by atoms with Crippen LogP contribution in [0.2, 0.25) is 0 Å². The molecule has 1 aliphatic heterocycles. The predicted octanol–water partition coefficient (Wildman–Crippen LogP) is 2.23. The van der Waals surface area contributed by atoms with Gasteiger partial charge in [-0.2, -0.15) is 0 Å². The van der Waals surface area contributed by atoms with Crippen molar-refractivity contribution in [1.29, 1.82) is 0 Å². The number of carbonyl (C=O) groups is 1. The van der Waals surface area contributed by atoms with E-state index in [1.165, 1.54) is 24.1 Å². The Morgan fingerprint density at radius 3 is 2.71 bits per heavy atom. The quantitative estimate of drug-likeness (QED) is 0.729. The lowest BCUT2D eigenvalue weighted by Gasteiger charge is -2.32. The first-order valence-electron chi connectivity index (χ1n) is 6.70. The van der Waals surface area contributed by atoms with Crippen LogP contribution in [0.5, 0.6) is 0 Å². The fourth-order valence-electron chi connectivity index (χ4n) is 3.15. The summed E-state index contributed by atoms with van der Waals surface area (Å²) in [4.78, 5) is 14.4. The van der Waals surface area contributed by atoms with Crippen molar-refractivity contribution in [2.75, 3.05) is 6.54 Å². The number of rotatable bonds is 1. The summed E-state index contributed by atoms with van der Waals surface area (Å²) in [5.41, 5.74) is 3.78. The largest absolute Gasteiger partial charge is 0.339 e. The Labute approximate surface area is 102 Å². The molecule has 0 radical (unpaired) electrons. The third-order valence-corrected chi connectivity index (χ3v) is 4.08.